The Balaban J connectivity index is 2.43. The standard InChI is InChI=1S/C8H15NO2/c1-5(2)8(11)7-3-6(10)4-9-7/h5-7,9-10H,3-4H2,1-2H3/t6-,7+/m1/s1. The number of hydrogen-bond acceptors (Lipinski definition) is 3. The van der Waals surface area contributed by atoms with Crippen molar-refractivity contribution in [3.8, 4) is 0 Å². The lowest BCUT2D eigenvalue weighted by Crippen LogP contribution is -2.33. The molecule has 0 amide bonds. The lowest BCUT2D eigenvalue weighted by atomic mass is 10.0. The van der Waals surface area contributed by atoms with Gasteiger partial charge in [-0.15, -0.1) is 0 Å². The SMILES string of the molecule is CC(C)C(=O)[C@@H]1C[C@@H](O)CN1. The maximum atomic E-state index is 11.3. The second-order valence-corrected chi connectivity index (χ2v) is 3.41. The summed E-state index contributed by atoms with van der Waals surface area (Å²) in [5, 5.41) is 12.1. The van der Waals surface area contributed by atoms with Crippen LogP contribution >= 0.6 is 0 Å². The minimum Gasteiger partial charge on any atom is -0.392 e. The second-order valence-electron chi connectivity index (χ2n) is 3.41. The monoisotopic (exact) mass is 157 g/mol. The number of nitrogens with one attached hydrogen (secondary N) is 1. The summed E-state index contributed by atoms with van der Waals surface area (Å²) in [6.45, 7) is 4.33. The maximum absolute atomic E-state index is 11.3. The van der Waals surface area contributed by atoms with Gasteiger partial charge < -0.3 is 10.4 Å². The van der Waals surface area contributed by atoms with Crippen molar-refractivity contribution in [1.82, 2.24) is 5.32 Å². The molecule has 0 aromatic heterocycles. The fraction of sp³-hybridized carbons (Fsp3) is 0.875. The van der Waals surface area contributed by atoms with Crippen LogP contribution in [0.1, 0.15) is 20.3 Å². The van der Waals surface area contributed by atoms with E-state index < -0.39 is 0 Å². The van der Waals surface area contributed by atoms with Crippen LogP contribution < -0.4 is 5.32 Å². The Morgan fingerprint density at radius 2 is 2.27 bits per heavy atom. The van der Waals surface area contributed by atoms with E-state index in [2.05, 4.69) is 5.32 Å². The second kappa shape index (κ2) is 3.32. The molecule has 2 atom stereocenters. The molecule has 1 aliphatic rings. The van der Waals surface area contributed by atoms with Gasteiger partial charge in [-0.25, -0.2) is 0 Å². The molecular formula is C8H15NO2. The molecule has 1 saturated heterocycles. The van der Waals surface area contributed by atoms with Gasteiger partial charge in [-0.1, -0.05) is 13.8 Å². The van der Waals surface area contributed by atoms with Crippen molar-refractivity contribution < 1.29 is 9.90 Å². The average Bonchev–Trinajstić information content (AvgIpc) is 2.34. The molecule has 0 bridgehead atoms. The van der Waals surface area contributed by atoms with Crippen LogP contribution in [-0.2, 0) is 4.79 Å². The van der Waals surface area contributed by atoms with Crippen LogP contribution in [0.25, 0.3) is 0 Å². The van der Waals surface area contributed by atoms with Crippen molar-refractivity contribution >= 4 is 5.78 Å². The zero-order chi connectivity index (χ0) is 8.43. The largest absolute Gasteiger partial charge is 0.392 e. The highest BCUT2D eigenvalue weighted by Crippen LogP contribution is 2.11. The summed E-state index contributed by atoms with van der Waals surface area (Å²) in [5.41, 5.74) is 0. The van der Waals surface area contributed by atoms with E-state index in [-0.39, 0.29) is 23.8 Å². The number of Topliss-reactive ketones (excluding diaryl/α,β-unsaturated/α-hetero) is 1. The molecule has 3 nitrogen and oxygen atoms in total. The molecule has 11 heavy (non-hydrogen) atoms. The number of aliphatic hydroxyl groups is 1. The van der Waals surface area contributed by atoms with Gasteiger partial charge in [0.1, 0.15) is 0 Å². The molecular weight excluding hydrogens is 142 g/mol. The number of ketones is 1. The molecule has 3 heteroatoms. The summed E-state index contributed by atoms with van der Waals surface area (Å²) >= 11 is 0. The van der Waals surface area contributed by atoms with Crippen molar-refractivity contribution in [3.05, 3.63) is 0 Å². The molecule has 0 aromatic carbocycles. The number of rotatable bonds is 2. The molecule has 0 spiro atoms. The topological polar surface area (TPSA) is 49.3 Å². The van der Waals surface area contributed by atoms with E-state index in [1.165, 1.54) is 0 Å². The normalized spacial score (nSPS) is 31.3. The smallest absolute Gasteiger partial charge is 0.152 e. The third-order valence-corrected chi connectivity index (χ3v) is 2.02. The molecule has 0 aliphatic carbocycles. The van der Waals surface area contributed by atoms with Crippen LogP contribution in [0.15, 0.2) is 0 Å². The number of carbonyl (C=O) groups is 1. The van der Waals surface area contributed by atoms with Crippen LogP contribution in [0.3, 0.4) is 0 Å². The highest BCUT2D eigenvalue weighted by Gasteiger charge is 2.28. The zero-order valence-electron chi connectivity index (χ0n) is 7.00. The Morgan fingerprint density at radius 3 is 2.64 bits per heavy atom. The molecule has 2 N–H and O–H groups in total. The number of carbonyl (C=O) groups excluding carboxylic acids is 1. The van der Waals surface area contributed by atoms with E-state index in [1.54, 1.807) is 0 Å². The Labute approximate surface area is 66.8 Å². The predicted octanol–water partition coefficient (Wildman–Crippen LogP) is -0.0657. The lowest BCUT2D eigenvalue weighted by molar-refractivity contribution is -0.123. The first-order chi connectivity index (χ1) is 5.11. The van der Waals surface area contributed by atoms with E-state index in [0.29, 0.717) is 13.0 Å². The summed E-state index contributed by atoms with van der Waals surface area (Å²) in [7, 11) is 0. The average molecular weight is 157 g/mol. The van der Waals surface area contributed by atoms with Gasteiger partial charge in [0.15, 0.2) is 5.78 Å². The van der Waals surface area contributed by atoms with Crippen molar-refractivity contribution in [3.63, 3.8) is 0 Å². The van der Waals surface area contributed by atoms with E-state index in [9.17, 15) is 4.79 Å². The Morgan fingerprint density at radius 1 is 1.64 bits per heavy atom. The molecule has 1 rings (SSSR count). The van der Waals surface area contributed by atoms with Gasteiger partial charge in [-0.2, -0.15) is 0 Å². The van der Waals surface area contributed by atoms with Gasteiger partial charge in [0.05, 0.1) is 12.1 Å². The Hall–Kier alpha value is -0.410. The first-order valence-corrected chi connectivity index (χ1v) is 4.06. The van der Waals surface area contributed by atoms with Crippen LogP contribution in [-0.4, -0.2) is 29.6 Å². The first-order valence-electron chi connectivity index (χ1n) is 4.06. The van der Waals surface area contributed by atoms with Crippen molar-refractivity contribution in [2.45, 2.75) is 32.4 Å². The van der Waals surface area contributed by atoms with Crippen LogP contribution in [0.4, 0.5) is 0 Å². The van der Waals surface area contributed by atoms with E-state index >= 15 is 0 Å². The van der Waals surface area contributed by atoms with Crippen LogP contribution in [0.2, 0.25) is 0 Å². The van der Waals surface area contributed by atoms with Gasteiger partial charge in [0.25, 0.3) is 0 Å². The predicted molar refractivity (Wildman–Crippen MR) is 42.3 cm³/mol. The highest BCUT2D eigenvalue weighted by molar-refractivity contribution is 5.86. The van der Waals surface area contributed by atoms with Crippen molar-refractivity contribution in [1.29, 1.82) is 0 Å². The summed E-state index contributed by atoms with van der Waals surface area (Å²) in [6, 6.07) is -0.106. The van der Waals surface area contributed by atoms with E-state index in [0.717, 1.165) is 0 Å². The number of aliphatic hydroxyl groups excluding tert-OH is 1. The van der Waals surface area contributed by atoms with Gasteiger partial charge >= 0.3 is 0 Å². The van der Waals surface area contributed by atoms with Crippen molar-refractivity contribution in [2.75, 3.05) is 6.54 Å². The lowest BCUT2D eigenvalue weighted by Gasteiger charge is -2.10. The van der Waals surface area contributed by atoms with Crippen molar-refractivity contribution in [2.24, 2.45) is 5.92 Å². The Bertz CT molecular complexity index is 156. The van der Waals surface area contributed by atoms with Gasteiger partial charge in [0, 0.05) is 12.5 Å². The minimum atomic E-state index is -0.331. The Kier molecular flexibility index (Phi) is 2.62. The first kappa shape index (κ1) is 8.68. The summed E-state index contributed by atoms with van der Waals surface area (Å²) in [5.74, 6) is 0.277. The van der Waals surface area contributed by atoms with E-state index in [4.69, 9.17) is 5.11 Å². The molecule has 0 aromatic rings. The molecule has 1 aliphatic heterocycles. The molecule has 1 heterocycles. The van der Waals surface area contributed by atoms with Gasteiger partial charge in [-0.05, 0) is 6.42 Å². The maximum Gasteiger partial charge on any atom is 0.152 e. The zero-order valence-corrected chi connectivity index (χ0v) is 7.00. The summed E-state index contributed by atoms with van der Waals surface area (Å²) in [4.78, 5) is 11.3. The number of β-amino-alcohol motifs (C(OH)–C–C–N with tert-alkyl or cyclic N) is 1. The van der Waals surface area contributed by atoms with Gasteiger partial charge in [0.2, 0.25) is 0 Å². The molecule has 64 valence electrons. The van der Waals surface area contributed by atoms with E-state index in [1.807, 2.05) is 13.8 Å². The molecule has 0 radical (unpaired) electrons. The quantitative estimate of drug-likeness (QED) is 0.590. The molecule has 0 unspecified atom stereocenters. The minimum absolute atomic E-state index is 0.0674. The van der Waals surface area contributed by atoms with Crippen LogP contribution in [0.5, 0.6) is 0 Å². The third kappa shape index (κ3) is 2.01. The third-order valence-electron chi connectivity index (χ3n) is 2.02. The highest BCUT2D eigenvalue weighted by atomic mass is 16.3. The fourth-order valence-electron chi connectivity index (χ4n) is 1.34. The number of hydrogen-bond donors (Lipinski definition) is 2. The summed E-state index contributed by atoms with van der Waals surface area (Å²) < 4.78 is 0. The summed E-state index contributed by atoms with van der Waals surface area (Å²) in [6.07, 6.45) is 0.250. The molecule has 0 saturated carbocycles. The van der Waals surface area contributed by atoms with Gasteiger partial charge in [-0.3, -0.25) is 4.79 Å². The molecule has 1 fully saturated rings. The fourth-order valence-corrected chi connectivity index (χ4v) is 1.34. The van der Waals surface area contributed by atoms with Crippen LogP contribution in [0, 0.1) is 5.92 Å².